The van der Waals surface area contributed by atoms with Gasteiger partial charge in [-0.2, -0.15) is 8.42 Å². The van der Waals surface area contributed by atoms with Gasteiger partial charge in [0, 0.05) is 0 Å². The van der Waals surface area contributed by atoms with E-state index in [-0.39, 0.29) is 59.1 Å². The Kier molecular flexibility index (Phi) is 6.30. The Hall–Kier alpha value is 0.890. The van der Waals surface area contributed by atoms with Crippen molar-refractivity contribution in [3.63, 3.8) is 0 Å². The molecular formula is C2H4N2Na2O4S. The molecule has 2 amide bonds. The molecule has 1 aliphatic heterocycles. The van der Waals surface area contributed by atoms with Gasteiger partial charge in [0.25, 0.3) is 0 Å². The Morgan fingerprint density at radius 2 is 1.18 bits per heavy atom. The summed E-state index contributed by atoms with van der Waals surface area (Å²) in [7, 11) is -3.84. The Morgan fingerprint density at radius 3 is 1.27 bits per heavy atom. The number of rotatable bonds is 0. The van der Waals surface area contributed by atoms with Crippen LogP contribution >= 0.6 is 0 Å². The van der Waals surface area contributed by atoms with E-state index in [9.17, 15) is 18.0 Å². The molecule has 0 atom stereocenters. The quantitative estimate of drug-likeness (QED) is 0.308. The predicted molar refractivity (Wildman–Crippen MR) is 39.5 cm³/mol. The van der Waals surface area contributed by atoms with E-state index in [1.54, 1.807) is 0 Å². The first-order valence-electron chi connectivity index (χ1n) is 1.90. The molecule has 0 aromatic carbocycles. The van der Waals surface area contributed by atoms with Crippen LogP contribution in [0.2, 0.25) is 0 Å². The van der Waals surface area contributed by atoms with E-state index in [1.165, 1.54) is 9.44 Å². The molecule has 0 radical (unpaired) electrons. The maximum absolute atomic E-state index is 10.2. The third kappa shape index (κ3) is 3.88. The van der Waals surface area contributed by atoms with Crippen molar-refractivity contribution in [1.29, 1.82) is 0 Å². The topological polar surface area (TPSA) is 92.3 Å². The zero-order valence-corrected chi connectivity index (χ0v) is 4.86. The van der Waals surface area contributed by atoms with Crippen LogP contribution in [0.25, 0.3) is 0 Å². The van der Waals surface area contributed by atoms with Gasteiger partial charge in [0.15, 0.2) is 0 Å². The summed E-state index contributed by atoms with van der Waals surface area (Å²) in [5.41, 5.74) is 0. The Labute approximate surface area is 107 Å². The van der Waals surface area contributed by atoms with Crippen molar-refractivity contribution in [2.75, 3.05) is 0 Å². The summed E-state index contributed by atoms with van der Waals surface area (Å²) in [4.78, 5) is 20.2. The molecule has 11 heavy (non-hydrogen) atoms. The van der Waals surface area contributed by atoms with Crippen LogP contribution in [0.1, 0.15) is 0 Å². The van der Waals surface area contributed by atoms with Crippen molar-refractivity contribution >= 4 is 81.1 Å². The van der Waals surface area contributed by atoms with E-state index in [1.807, 2.05) is 0 Å². The molecule has 0 aromatic rings. The van der Waals surface area contributed by atoms with Crippen LogP contribution in [-0.4, -0.2) is 79.3 Å². The molecule has 0 spiro atoms. The third-order valence-electron chi connectivity index (χ3n) is 0.660. The van der Waals surface area contributed by atoms with Crippen LogP contribution in [0.4, 0.5) is 0 Å². The second kappa shape index (κ2) is 4.80. The van der Waals surface area contributed by atoms with Crippen LogP contribution in [-0.2, 0) is 19.8 Å². The van der Waals surface area contributed by atoms with Gasteiger partial charge in [-0.1, -0.05) is 0 Å². The summed E-state index contributed by atoms with van der Waals surface area (Å²) in [5, 5.41) is 0. The number of hydrogen-bond donors (Lipinski definition) is 2. The summed E-state index contributed by atoms with van der Waals surface area (Å²) in [6, 6.07) is 0. The number of nitrogens with one attached hydrogen (secondary N) is 2. The second-order valence-electron chi connectivity index (χ2n) is 1.37. The van der Waals surface area contributed by atoms with Crippen molar-refractivity contribution in [3.05, 3.63) is 0 Å². The van der Waals surface area contributed by atoms with Crippen LogP contribution in [0.15, 0.2) is 0 Å². The molecule has 0 aliphatic carbocycles. The Balaban J connectivity index is 0. The van der Waals surface area contributed by atoms with Gasteiger partial charge in [0.2, 0.25) is 0 Å². The van der Waals surface area contributed by atoms with Gasteiger partial charge in [-0.15, -0.1) is 0 Å². The van der Waals surface area contributed by atoms with Crippen LogP contribution in [0.3, 0.4) is 0 Å². The third-order valence-corrected chi connectivity index (χ3v) is 1.57. The average Bonchev–Trinajstić information content (AvgIpc) is 1.79. The molecular weight excluding hydrogens is 194 g/mol. The van der Waals surface area contributed by atoms with Crippen LogP contribution in [0.5, 0.6) is 0 Å². The predicted octanol–water partition coefficient (Wildman–Crippen LogP) is -3.82. The van der Waals surface area contributed by atoms with Crippen molar-refractivity contribution in [1.82, 2.24) is 9.44 Å². The van der Waals surface area contributed by atoms with Crippen LogP contribution < -0.4 is 9.44 Å². The average molecular weight is 198 g/mol. The standard InChI is InChI=1S/C2H2N2O4S.2Na.2H/c5-1-2(6)4-9(7,8)3-1;;;;/h(H,3,5)(H,4,6);;;;. The van der Waals surface area contributed by atoms with Crippen LogP contribution in [0, 0.1) is 0 Å². The molecule has 9 heteroatoms. The normalized spacial score (nSPS) is 18.9. The van der Waals surface area contributed by atoms with Crippen molar-refractivity contribution < 1.29 is 18.0 Å². The summed E-state index contributed by atoms with van der Waals surface area (Å²) >= 11 is 0. The second-order valence-corrected chi connectivity index (χ2v) is 2.78. The maximum atomic E-state index is 10.2. The van der Waals surface area contributed by atoms with Gasteiger partial charge >= 0.3 is 81.1 Å². The first-order chi connectivity index (χ1) is 4.01. The molecule has 0 unspecified atom stereocenters. The summed E-state index contributed by atoms with van der Waals surface area (Å²) in [6.07, 6.45) is 0. The zero-order chi connectivity index (χ0) is 7.07. The number of amides is 2. The van der Waals surface area contributed by atoms with E-state index < -0.39 is 22.0 Å². The first-order valence-corrected chi connectivity index (χ1v) is 3.38. The summed E-state index contributed by atoms with van der Waals surface area (Å²) in [5.74, 6) is -2.29. The molecule has 6 nitrogen and oxygen atoms in total. The molecule has 2 N–H and O–H groups in total. The SMILES string of the molecule is O=C1NS(=O)(=O)NC1=O.[NaH].[NaH]. The molecule has 54 valence electrons. The molecule has 0 bridgehead atoms. The molecule has 0 aromatic heterocycles. The van der Waals surface area contributed by atoms with Gasteiger partial charge in [0.05, 0.1) is 0 Å². The first kappa shape index (κ1) is 14.4. The fourth-order valence-electron chi connectivity index (χ4n) is 0.362. The van der Waals surface area contributed by atoms with Gasteiger partial charge < -0.3 is 0 Å². The van der Waals surface area contributed by atoms with Gasteiger partial charge in [-0.25, -0.2) is 9.44 Å². The van der Waals surface area contributed by atoms with Gasteiger partial charge in [0.1, 0.15) is 0 Å². The molecule has 1 heterocycles. The zero-order valence-electron chi connectivity index (χ0n) is 4.04. The summed E-state index contributed by atoms with van der Waals surface area (Å²) < 4.78 is 23.2. The fourth-order valence-corrected chi connectivity index (χ4v) is 1.09. The fraction of sp³-hybridized carbons (Fsp3) is 0. The van der Waals surface area contributed by atoms with E-state index in [4.69, 9.17) is 0 Å². The number of hydrogen-bond acceptors (Lipinski definition) is 4. The molecule has 0 saturated carbocycles. The minimum atomic E-state index is -3.84. The minimum absolute atomic E-state index is 0. The van der Waals surface area contributed by atoms with Gasteiger partial charge in [-0.05, 0) is 0 Å². The Morgan fingerprint density at radius 1 is 0.909 bits per heavy atom. The molecule has 1 fully saturated rings. The number of carbonyl (C=O) groups is 2. The van der Waals surface area contributed by atoms with E-state index in [2.05, 4.69) is 0 Å². The van der Waals surface area contributed by atoms with Gasteiger partial charge in [-0.3, -0.25) is 9.59 Å². The summed E-state index contributed by atoms with van der Waals surface area (Å²) in [6.45, 7) is 0. The van der Waals surface area contributed by atoms with Crippen molar-refractivity contribution in [2.45, 2.75) is 0 Å². The van der Waals surface area contributed by atoms with Crippen molar-refractivity contribution in [2.24, 2.45) is 0 Å². The molecule has 1 aliphatic rings. The molecule has 1 rings (SSSR count). The number of carbonyl (C=O) groups excluding carboxylic acids is 2. The molecule has 1 saturated heterocycles. The van der Waals surface area contributed by atoms with E-state index in [0.717, 1.165) is 0 Å². The van der Waals surface area contributed by atoms with E-state index >= 15 is 0 Å². The monoisotopic (exact) mass is 198 g/mol. The van der Waals surface area contributed by atoms with Crippen molar-refractivity contribution in [3.8, 4) is 0 Å². The Bertz CT molecular complexity index is 250. The van der Waals surface area contributed by atoms with E-state index in [0.29, 0.717) is 0 Å².